The van der Waals surface area contributed by atoms with Gasteiger partial charge in [0.15, 0.2) is 0 Å². The lowest BCUT2D eigenvalue weighted by Crippen LogP contribution is -2.16. The molecule has 5 heteroatoms. The van der Waals surface area contributed by atoms with E-state index in [4.69, 9.17) is 0 Å². The summed E-state index contributed by atoms with van der Waals surface area (Å²) in [5.41, 5.74) is 0. The van der Waals surface area contributed by atoms with E-state index in [0.717, 1.165) is 21.7 Å². The molecule has 0 aliphatic rings. The Balaban J connectivity index is 3.46. The topological polar surface area (TPSA) is 60.7 Å². The third-order valence-corrected chi connectivity index (χ3v) is 3.80. The van der Waals surface area contributed by atoms with Gasteiger partial charge in [-0.25, -0.2) is 0 Å². The predicted molar refractivity (Wildman–Crippen MR) is 83.5 cm³/mol. The molecule has 0 saturated heterocycles. The Labute approximate surface area is 125 Å². The van der Waals surface area contributed by atoms with Crippen LogP contribution in [-0.4, -0.2) is 42.5 Å². The van der Waals surface area contributed by atoms with E-state index in [1.54, 1.807) is 0 Å². The van der Waals surface area contributed by atoms with Crippen molar-refractivity contribution in [2.45, 2.75) is 56.8 Å². The molecule has 0 rings (SSSR count). The first-order valence-electron chi connectivity index (χ1n) is 5.76. The smallest absolute Gasteiger partial charge is 0.0548 e. The van der Waals surface area contributed by atoms with Gasteiger partial charge in [0.05, 0.1) is 18.3 Å². The number of aliphatic hydroxyl groups is 3. The van der Waals surface area contributed by atoms with Gasteiger partial charge in [-0.1, -0.05) is 45.2 Å². The zero-order valence-corrected chi connectivity index (χ0v) is 13.8. The number of halogens is 2. The van der Waals surface area contributed by atoms with Crippen molar-refractivity contribution in [3.63, 3.8) is 0 Å². The van der Waals surface area contributed by atoms with Crippen LogP contribution in [0.4, 0.5) is 0 Å². The molecule has 2 unspecified atom stereocenters. The highest BCUT2D eigenvalue weighted by Crippen LogP contribution is 2.12. The zero-order valence-electron chi connectivity index (χ0n) is 9.49. The fourth-order valence-corrected chi connectivity index (χ4v) is 2.89. The highest BCUT2D eigenvalue weighted by atomic mass is 127. The molecular formula is C11H22I2O3. The van der Waals surface area contributed by atoms with Crippen LogP contribution in [0, 0.1) is 0 Å². The third-order valence-electron chi connectivity index (χ3n) is 2.55. The minimum atomic E-state index is -0.382. The summed E-state index contributed by atoms with van der Waals surface area (Å²) in [6.07, 6.45) is 3.22. The monoisotopic (exact) mass is 456 g/mol. The van der Waals surface area contributed by atoms with E-state index in [9.17, 15) is 15.3 Å². The number of alkyl halides is 2. The minimum absolute atomic E-state index is 0.286. The molecule has 0 aliphatic heterocycles. The first kappa shape index (κ1) is 17.3. The number of rotatable bonds is 10. The Hall–Kier alpha value is 1.34. The SMILES string of the molecule is OC(CCI)CCC(O)CCC(O)CCI. The molecule has 0 saturated carbocycles. The lowest BCUT2D eigenvalue weighted by atomic mass is 10.0. The largest absolute Gasteiger partial charge is 0.393 e. The van der Waals surface area contributed by atoms with Crippen LogP contribution >= 0.6 is 45.2 Å². The van der Waals surface area contributed by atoms with Gasteiger partial charge >= 0.3 is 0 Å². The Bertz CT molecular complexity index is 142. The molecule has 0 amide bonds. The van der Waals surface area contributed by atoms with E-state index in [0.29, 0.717) is 25.7 Å². The maximum absolute atomic E-state index is 9.66. The molecule has 0 spiro atoms. The average molecular weight is 456 g/mol. The van der Waals surface area contributed by atoms with E-state index in [1.807, 2.05) is 0 Å². The molecule has 2 atom stereocenters. The molecule has 3 nitrogen and oxygen atoms in total. The van der Waals surface area contributed by atoms with Gasteiger partial charge in [0, 0.05) is 8.86 Å². The second kappa shape index (κ2) is 11.4. The van der Waals surface area contributed by atoms with Crippen LogP contribution in [0.2, 0.25) is 0 Å². The van der Waals surface area contributed by atoms with Crippen molar-refractivity contribution in [1.29, 1.82) is 0 Å². The van der Waals surface area contributed by atoms with Crippen LogP contribution in [-0.2, 0) is 0 Å². The molecule has 3 N–H and O–H groups in total. The summed E-state index contributed by atoms with van der Waals surface area (Å²) in [5, 5.41) is 28.6. The van der Waals surface area contributed by atoms with Crippen LogP contribution in [0.25, 0.3) is 0 Å². The second-order valence-corrected chi connectivity index (χ2v) is 6.23. The van der Waals surface area contributed by atoms with E-state index in [2.05, 4.69) is 45.2 Å². The quantitative estimate of drug-likeness (QED) is 0.350. The first-order chi connectivity index (χ1) is 7.60. The zero-order chi connectivity index (χ0) is 12.4. The van der Waals surface area contributed by atoms with Crippen LogP contribution in [0.1, 0.15) is 38.5 Å². The Morgan fingerprint density at radius 3 is 1.06 bits per heavy atom. The van der Waals surface area contributed by atoms with Crippen molar-refractivity contribution in [1.82, 2.24) is 0 Å². The summed E-state index contributed by atoms with van der Waals surface area (Å²) < 4.78 is 1.90. The van der Waals surface area contributed by atoms with Crippen LogP contribution in [0.5, 0.6) is 0 Å². The van der Waals surface area contributed by atoms with Gasteiger partial charge in [-0.05, 0) is 38.5 Å². The van der Waals surface area contributed by atoms with Gasteiger partial charge in [-0.2, -0.15) is 0 Å². The summed E-state index contributed by atoms with van der Waals surface area (Å²) in [7, 11) is 0. The Morgan fingerprint density at radius 1 is 0.562 bits per heavy atom. The van der Waals surface area contributed by atoms with Crippen molar-refractivity contribution < 1.29 is 15.3 Å². The fourth-order valence-electron chi connectivity index (χ4n) is 1.45. The lowest BCUT2D eigenvalue weighted by molar-refractivity contribution is 0.0874. The summed E-state index contributed by atoms with van der Waals surface area (Å²) in [6, 6.07) is 0. The van der Waals surface area contributed by atoms with Crippen molar-refractivity contribution >= 4 is 45.2 Å². The molecule has 98 valence electrons. The minimum Gasteiger partial charge on any atom is -0.393 e. The van der Waals surface area contributed by atoms with Gasteiger partial charge in [0.2, 0.25) is 0 Å². The molecule has 0 aromatic heterocycles. The molecular weight excluding hydrogens is 434 g/mol. The average Bonchev–Trinajstić information content (AvgIpc) is 2.24. The van der Waals surface area contributed by atoms with E-state index < -0.39 is 0 Å². The molecule has 0 fully saturated rings. The summed E-state index contributed by atoms with van der Waals surface area (Å²) in [5.74, 6) is 0. The highest BCUT2D eigenvalue weighted by molar-refractivity contribution is 14.1. The molecule has 0 aromatic rings. The number of hydrogen-bond donors (Lipinski definition) is 3. The van der Waals surface area contributed by atoms with Crippen molar-refractivity contribution in [2.24, 2.45) is 0 Å². The van der Waals surface area contributed by atoms with Crippen LogP contribution in [0.15, 0.2) is 0 Å². The first-order valence-corrected chi connectivity index (χ1v) is 8.81. The van der Waals surface area contributed by atoms with Crippen molar-refractivity contribution in [2.75, 3.05) is 8.86 Å². The lowest BCUT2D eigenvalue weighted by Gasteiger charge is -2.15. The van der Waals surface area contributed by atoms with Gasteiger partial charge in [-0.3, -0.25) is 0 Å². The summed E-state index contributed by atoms with van der Waals surface area (Å²) in [4.78, 5) is 0. The number of aliphatic hydroxyl groups excluding tert-OH is 3. The van der Waals surface area contributed by atoms with Gasteiger partial charge in [-0.15, -0.1) is 0 Å². The van der Waals surface area contributed by atoms with Crippen molar-refractivity contribution in [3.8, 4) is 0 Å². The van der Waals surface area contributed by atoms with E-state index in [-0.39, 0.29) is 18.3 Å². The maximum atomic E-state index is 9.66. The summed E-state index contributed by atoms with van der Waals surface area (Å²) >= 11 is 4.48. The third kappa shape index (κ3) is 10.5. The van der Waals surface area contributed by atoms with E-state index in [1.165, 1.54) is 0 Å². The molecule has 16 heavy (non-hydrogen) atoms. The fraction of sp³-hybridized carbons (Fsp3) is 1.00. The predicted octanol–water partition coefficient (Wildman–Crippen LogP) is 2.28. The maximum Gasteiger partial charge on any atom is 0.0548 e. The van der Waals surface area contributed by atoms with Crippen LogP contribution in [0.3, 0.4) is 0 Å². The van der Waals surface area contributed by atoms with Crippen LogP contribution < -0.4 is 0 Å². The van der Waals surface area contributed by atoms with Crippen molar-refractivity contribution in [3.05, 3.63) is 0 Å². The number of hydrogen-bond acceptors (Lipinski definition) is 3. The standard InChI is InChI=1S/C11H22I2O3/c12-7-5-10(15)3-1-9(14)2-4-11(16)6-8-13/h9-11,14-16H,1-8H2. The van der Waals surface area contributed by atoms with Gasteiger partial charge in [0.1, 0.15) is 0 Å². The molecule has 0 bridgehead atoms. The van der Waals surface area contributed by atoms with Gasteiger partial charge < -0.3 is 15.3 Å². The highest BCUT2D eigenvalue weighted by Gasteiger charge is 2.11. The molecule has 0 radical (unpaired) electrons. The second-order valence-electron chi connectivity index (χ2n) is 4.07. The Morgan fingerprint density at radius 2 is 0.812 bits per heavy atom. The van der Waals surface area contributed by atoms with Gasteiger partial charge in [0.25, 0.3) is 0 Å². The molecule has 0 aliphatic carbocycles. The molecule has 0 aromatic carbocycles. The Kier molecular flexibility index (Phi) is 12.4. The molecule has 0 heterocycles. The van der Waals surface area contributed by atoms with E-state index >= 15 is 0 Å². The summed E-state index contributed by atoms with van der Waals surface area (Å²) in [6.45, 7) is 0. The normalized spacial score (nSPS) is 17.1.